The Hall–Kier alpha value is 0.0869. The second kappa shape index (κ2) is 3.47. The maximum Gasteiger partial charge on any atom is 0.239 e. The average Bonchev–Trinajstić information content (AvgIpc) is 1.60. The fourth-order valence-corrected chi connectivity index (χ4v) is 1.01. The van der Waals surface area contributed by atoms with Crippen LogP contribution in [0.4, 0.5) is 0 Å². The monoisotopic (exact) mass is 271 g/mol. The maximum absolute atomic E-state index is 10.0. The first-order chi connectivity index (χ1) is 4.34. The summed E-state index contributed by atoms with van der Waals surface area (Å²) in [6.07, 6.45) is 1.10. The molecule has 0 saturated carbocycles. The van der Waals surface area contributed by atoms with Gasteiger partial charge in [0.25, 0.3) is 0 Å². The first-order valence-corrected chi connectivity index (χ1v) is 7.43. The van der Waals surface area contributed by atoms with Crippen molar-refractivity contribution in [1.29, 1.82) is 0 Å². The summed E-state index contributed by atoms with van der Waals surface area (Å²) in [5, 5.41) is 10.0. The third-order valence-corrected chi connectivity index (χ3v) is 7.63. The maximum atomic E-state index is 10.0. The molecule has 0 fully saturated rings. The van der Waals surface area contributed by atoms with Gasteiger partial charge < -0.3 is 0 Å². The van der Waals surface area contributed by atoms with Crippen LogP contribution in [0.25, 0.3) is 0 Å². The Morgan fingerprint density at radius 3 is 2.10 bits per heavy atom. The van der Waals surface area contributed by atoms with Crippen LogP contribution in [-0.2, 0) is 0 Å². The molecule has 0 amide bonds. The molecule has 0 aromatic heterocycles. The second-order valence-corrected chi connectivity index (χ2v) is 10.2. The van der Waals surface area contributed by atoms with Gasteiger partial charge in [-0.05, 0) is 22.6 Å². The summed E-state index contributed by atoms with van der Waals surface area (Å²) < 4.78 is 0.898. The van der Waals surface area contributed by atoms with Crippen molar-refractivity contribution in [2.24, 2.45) is 0 Å². The molecule has 3 nitrogen and oxygen atoms in total. The molecule has 0 aromatic carbocycles. The van der Waals surface area contributed by atoms with Gasteiger partial charge in [0.2, 0.25) is 6.20 Å². The van der Waals surface area contributed by atoms with E-state index in [1.165, 1.54) is 0 Å². The van der Waals surface area contributed by atoms with E-state index in [0.29, 0.717) is 0 Å². The number of halogens is 1. The van der Waals surface area contributed by atoms with E-state index in [0.717, 1.165) is 9.40 Å². The minimum atomic E-state index is -1.42. The van der Waals surface area contributed by atoms with Crippen molar-refractivity contribution in [3.8, 4) is 0 Å². The van der Waals surface area contributed by atoms with E-state index in [1.54, 1.807) is 0 Å². The van der Waals surface area contributed by atoms with Crippen molar-refractivity contribution in [1.82, 2.24) is 0 Å². The highest BCUT2D eigenvalue weighted by molar-refractivity contribution is 14.1. The van der Waals surface area contributed by atoms with Gasteiger partial charge in [-0.2, -0.15) is 0 Å². The molecule has 10 heavy (non-hydrogen) atoms. The number of nitrogens with zero attached hydrogens (tertiary/aromatic N) is 1. The molecule has 5 heteroatoms. The highest BCUT2D eigenvalue weighted by atomic mass is 127. The van der Waals surface area contributed by atoms with Crippen molar-refractivity contribution in [2.75, 3.05) is 0 Å². The van der Waals surface area contributed by atoms with Crippen LogP contribution in [0.15, 0.2) is 9.40 Å². The Morgan fingerprint density at radius 2 is 2.00 bits per heavy atom. The molecular formula is C5H10INO2Si. The van der Waals surface area contributed by atoms with E-state index >= 15 is 0 Å². The molecule has 0 aromatic rings. The van der Waals surface area contributed by atoms with Gasteiger partial charge in [0.05, 0.1) is 13.0 Å². The van der Waals surface area contributed by atoms with Crippen LogP contribution >= 0.6 is 22.6 Å². The summed E-state index contributed by atoms with van der Waals surface area (Å²) in [5.74, 6) is 0. The zero-order valence-electron chi connectivity index (χ0n) is 6.22. The fraction of sp³-hybridized carbons (Fsp3) is 0.600. The van der Waals surface area contributed by atoms with E-state index in [9.17, 15) is 10.1 Å². The highest BCUT2D eigenvalue weighted by Crippen LogP contribution is 2.20. The fourth-order valence-electron chi connectivity index (χ4n) is 0.286. The van der Waals surface area contributed by atoms with Crippen molar-refractivity contribution >= 4 is 30.7 Å². The molecule has 0 unspecified atom stereocenters. The van der Waals surface area contributed by atoms with Gasteiger partial charge in [-0.15, -0.1) is 0 Å². The third kappa shape index (κ3) is 3.99. The molecule has 0 radical (unpaired) electrons. The summed E-state index contributed by atoms with van der Waals surface area (Å²) >= 11 is 2.04. The minimum absolute atomic E-state index is 0.389. The Labute approximate surface area is 74.8 Å². The van der Waals surface area contributed by atoms with E-state index in [2.05, 4.69) is 19.6 Å². The van der Waals surface area contributed by atoms with Crippen LogP contribution in [-0.4, -0.2) is 13.0 Å². The molecule has 0 aliphatic rings. The first kappa shape index (κ1) is 10.1. The second-order valence-electron chi connectivity index (χ2n) is 3.01. The van der Waals surface area contributed by atoms with Gasteiger partial charge in [0.1, 0.15) is 0 Å². The molecule has 0 atom stereocenters. The molecule has 58 valence electrons. The average molecular weight is 271 g/mol. The Morgan fingerprint density at radius 1 is 1.60 bits per heavy atom. The Kier molecular flexibility index (Phi) is 3.50. The van der Waals surface area contributed by atoms with Gasteiger partial charge in [-0.3, -0.25) is 10.1 Å². The Bertz CT molecular complexity index is 173. The molecule has 0 aliphatic carbocycles. The lowest BCUT2D eigenvalue weighted by Crippen LogP contribution is -2.20. The van der Waals surface area contributed by atoms with Crippen LogP contribution in [0, 0.1) is 10.1 Å². The number of hydrogen-bond donors (Lipinski definition) is 0. The molecule has 0 aliphatic heterocycles. The summed E-state index contributed by atoms with van der Waals surface area (Å²) in [7, 11) is -1.42. The number of hydrogen-bond acceptors (Lipinski definition) is 2. The number of nitro groups is 1. The normalized spacial score (nSPS) is 13.4. The lowest BCUT2D eigenvalue weighted by molar-refractivity contribution is -0.402. The van der Waals surface area contributed by atoms with E-state index in [1.807, 2.05) is 22.6 Å². The molecule has 0 N–H and O–H groups in total. The van der Waals surface area contributed by atoms with Crippen molar-refractivity contribution in [3.05, 3.63) is 19.5 Å². The zero-order chi connectivity index (χ0) is 8.36. The standard InChI is InChI=1S/C5H10INO2Si/c1-10(2,3)5(6)4-7(8)9/h4H,1-3H3. The van der Waals surface area contributed by atoms with Gasteiger partial charge in [-0.1, -0.05) is 19.6 Å². The van der Waals surface area contributed by atoms with Crippen LogP contribution in [0.3, 0.4) is 0 Å². The SMILES string of the molecule is C[Si](C)(C)C(I)=C[N+](=O)[O-]. The topological polar surface area (TPSA) is 43.1 Å². The van der Waals surface area contributed by atoms with Gasteiger partial charge >= 0.3 is 0 Å². The lowest BCUT2D eigenvalue weighted by Gasteiger charge is -2.11. The lowest BCUT2D eigenvalue weighted by atomic mass is 11.1. The van der Waals surface area contributed by atoms with Gasteiger partial charge in [0, 0.05) is 3.20 Å². The van der Waals surface area contributed by atoms with E-state index in [-0.39, 0.29) is 4.92 Å². The largest absolute Gasteiger partial charge is 0.259 e. The molecule has 0 rings (SSSR count). The van der Waals surface area contributed by atoms with E-state index < -0.39 is 8.07 Å². The zero-order valence-corrected chi connectivity index (χ0v) is 9.38. The van der Waals surface area contributed by atoms with Crippen molar-refractivity contribution in [2.45, 2.75) is 19.6 Å². The van der Waals surface area contributed by atoms with Crippen LogP contribution in [0.2, 0.25) is 19.6 Å². The van der Waals surface area contributed by atoms with Crippen LogP contribution < -0.4 is 0 Å². The molecular weight excluding hydrogens is 261 g/mol. The molecule has 0 heterocycles. The molecule has 0 saturated heterocycles. The summed E-state index contributed by atoms with van der Waals surface area (Å²) in [6, 6.07) is 0. The van der Waals surface area contributed by atoms with Crippen LogP contribution in [0.1, 0.15) is 0 Å². The predicted molar refractivity (Wildman–Crippen MR) is 52.4 cm³/mol. The van der Waals surface area contributed by atoms with E-state index in [4.69, 9.17) is 0 Å². The predicted octanol–water partition coefficient (Wildman–Crippen LogP) is 2.42. The summed E-state index contributed by atoms with van der Waals surface area (Å²) in [5.41, 5.74) is 0. The van der Waals surface area contributed by atoms with Gasteiger partial charge in [-0.25, -0.2) is 0 Å². The van der Waals surface area contributed by atoms with Crippen molar-refractivity contribution in [3.63, 3.8) is 0 Å². The summed E-state index contributed by atoms with van der Waals surface area (Å²) in [4.78, 5) is 9.61. The third-order valence-electron chi connectivity index (χ3n) is 0.935. The van der Waals surface area contributed by atoms with Crippen molar-refractivity contribution < 1.29 is 4.92 Å². The smallest absolute Gasteiger partial charge is 0.239 e. The minimum Gasteiger partial charge on any atom is -0.259 e. The Balaban J connectivity index is 4.35. The number of rotatable bonds is 2. The highest BCUT2D eigenvalue weighted by Gasteiger charge is 2.19. The molecule has 0 bridgehead atoms. The molecule has 0 spiro atoms. The quantitative estimate of drug-likeness (QED) is 0.335. The summed E-state index contributed by atoms with van der Waals surface area (Å²) in [6.45, 7) is 6.23. The van der Waals surface area contributed by atoms with Crippen LogP contribution in [0.5, 0.6) is 0 Å². The first-order valence-electron chi connectivity index (χ1n) is 2.85. The van der Waals surface area contributed by atoms with Gasteiger partial charge in [0.15, 0.2) is 0 Å².